The zero-order chi connectivity index (χ0) is 22.1. The highest BCUT2D eigenvalue weighted by atomic mass is 32.2. The topological polar surface area (TPSA) is 58.6 Å². The number of rotatable bonds is 10. The minimum Gasteiger partial charge on any atom is -0.497 e. The van der Waals surface area contributed by atoms with E-state index in [1.54, 1.807) is 30.7 Å². The van der Waals surface area contributed by atoms with Gasteiger partial charge in [-0.2, -0.15) is 0 Å². The first-order valence-corrected chi connectivity index (χ1v) is 11.3. The van der Waals surface area contributed by atoms with E-state index in [-0.39, 0.29) is 17.9 Å². The molecular weight excluding hydrogens is 396 g/mol. The van der Waals surface area contributed by atoms with Crippen molar-refractivity contribution in [3.05, 3.63) is 65.2 Å². The molecule has 5 nitrogen and oxygen atoms in total. The Kier molecular flexibility index (Phi) is 9.24. The molecule has 2 rings (SSSR count). The van der Waals surface area contributed by atoms with E-state index in [4.69, 9.17) is 4.74 Å². The number of nitrogens with zero attached hydrogens (tertiary/aromatic N) is 1. The van der Waals surface area contributed by atoms with Crippen LogP contribution in [-0.4, -0.2) is 41.7 Å². The Morgan fingerprint density at radius 3 is 2.37 bits per heavy atom. The summed E-state index contributed by atoms with van der Waals surface area (Å²) < 4.78 is 5.18. The predicted octanol–water partition coefficient (Wildman–Crippen LogP) is 4.18. The van der Waals surface area contributed by atoms with Crippen LogP contribution in [0.4, 0.5) is 0 Å². The smallest absolute Gasteiger partial charge is 0.242 e. The molecule has 1 N–H and O–H groups in total. The first-order valence-electron chi connectivity index (χ1n) is 10.2. The van der Waals surface area contributed by atoms with E-state index in [1.165, 1.54) is 0 Å². The van der Waals surface area contributed by atoms with E-state index in [0.29, 0.717) is 12.3 Å². The lowest BCUT2D eigenvalue weighted by Gasteiger charge is -2.29. The van der Waals surface area contributed by atoms with Crippen LogP contribution < -0.4 is 10.1 Å². The Balaban J connectivity index is 2.05. The lowest BCUT2D eigenvalue weighted by molar-refractivity contribution is -0.138. The maximum absolute atomic E-state index is 13.1. The van der Waals surface area contributed by atoms with Crippen molar-refractivity contribution in [2.45, 2.75) is 52.1 Å². The Morgan fingerprint density at radius 1 is 1.07 bits per heavy atom. The van der Waals surface area contributed by atoms with Crippen molar-refractivity contribution in [3.63, 3.8) is 0 Å². The normalized spacial score (nSPS) is 11.8. The number of amides is 2. The van der Waals surface area contributed by atoms with E-state index in [2.05, 4.69) is 11.4 Å². The fraction of sp³-hybridized carbons (Fsp3) is 0.417. The van der Waals surface area contributed by atoms with Gasteiger partial charge >= 0.3 is 0 Å². The summed E-state index contributed by atoms with van der Waals surface area (Å²) in [4.78, 5) is 27.3. The molecule has 2 aromatic rings. The molecule has 162 valence electrons. The maximum Gasteiger partial charge on any atom is 0.242 e. The molecule has 0 aliphatic heterocycles. The summed E-state index contributed by atoms with van der Waals surface area (Å²) >= 11 is 1.55. The Bertz CT molecular complexity index is 837. The van der Waals surface area contributed by atoms with Crippen molar-refractivity contribution >= 4 is 23.6 Å². The molecule has 30 heavy (non-hydrogen) atoms. The number of hydrogen-bond acceptors (Lipinski definition) is 4. The number of carbonyl (C=O) groups excluding carboxylic acids is 2. The van der Waals surface area contributed by atoms with Gasteiger partial charge in [-0.05, 0) is 51.0 Å². The number of ether oxygens (including phenoxy) is 1. The molecule has 0 heterocycles. The highest BCUT2D eigenvalue weighted by molar-refractivity contribution is 7.99. The minimum absolute atomic E-state index is 0.0281. The highest BCUT2D eigenvalue weighted by Crippen LogP contribution is 2.18. The van der Waals surface area contributed by atoms with Crippen LogP contribution in [0.15, 0.2) is 48.5 Å². The van der Waals surface area contributed by atoms with Gasteiger partial charge in [0.2, 0.25) is 11.8 Å². The van der Waals surface area contributed by atoms with Crippen LogP contribution in [0.3, 0.4) is 0 Å². The van der Waals surface area contributed by atoms with Crippen LogP contribution in [0.5, 0.6) is 5.75 Å². The fourth-order valence-electron chi connectivity index (χ4n) is 3.06. The van der Waals surface area contributed by atoms with E-state index >= 15 is 0 Å². The molecule has 0 aliphatic rings. The molecule has 2 aromatic carbocycles. The number of nitrogens with one attached hydrogen (secondary N) is 1. The summed E-state index contributed by atoms with van der Waals surface area (Å²) in [5, 5.41) is 2.92. The molecule has 0 bridgehead atoms. The van der Waals surface area contributed by atoms with Crippen molar-refractivity contribution in [1.29, 1.82) is 0 Å². The largest absolute Gasteiger partial charge is 0.497 e. The van der Waals surface area contributed by atoms with Crippen LogP contribution in [0.1, 0.15) is 37.5 Å². The third-order valence-corrected chi connectivity index (χ3v) is 5.68. The molecule has 2 amide bonds. The van der Waals surface area contributed by atoms with Gasteiger partial charge in [-0.1, -0.05) is 42.0 Å². The van der Waals surface area contributed by atoms with Crippen molar-refractivity contribution < 1.29 is 14.3 Å². The van der Waals surface area contributed by atoms with Crippen molar-refractivity contribution in [1.82, 2.24) is 10.2 Å². The Hall–Kier alpha value is -2.47. The number of aryl methyl sites for hydroxylation is 1. The summed E-state index contributed by atoms with van der Waals surface area (Å²) in [5.41, 5.74) is 3.28. The van der Waals surface area contributed by atoms with Crippen molar-refractivity contribution in [3.8, 4) is 5.75 Å². The minimum atomic E-state index is -0.540. The molecule has 0 aliphatic carbocycles. The van der Waals surface area contributed by atoms with Gasteiger partial charge in [-0.3, -0.25) is 9.59 Å². The quantitative estimate of drug-likeness (QED) is 0.617. The van der Waals surface area contributed by atoms with E-state index < -0.39 is 6.04 Å². The first-order chi connectivity index (χ1) is 14.3. The monoisotopic (exact) mass is 428 g/mol. The van der Waals surface area contributed by atoms with E-state index in [9.17, 15) is 9.59 Å². The lowest BCUT2D eigenvalue weighted by atomic mass is 10.1. The van der Waals surface area contributed by atoms with E-state index in [0.717, 1.165) is 28.2 Å². The molecule has 1 atom stereocenters. The van der Waals surface area contributed by atoms with Gasteiger partial charge < -0.3 is 15.0 Å². The molecule has 6 heteroatoms. The van der Waals surface area contributed by atoms with Crippen LogP contribution in [-0.2, 0) is 21.9 Å². The highest BCUT2D eigenvalue weighted by Gasteiger charge is 2.26. The third-order valence-electron chi connectivity index (χ3n) is 4.69. The van der Waals surface area contributed by atoms with Crippen LogP contribution in [0.25, 0.3) is 0 Å². The summed E-state index contributed by atoms with van der Waals surface area (Å²) in [6, 6.07) is 15.4. The number of hydrogen-bond donors (Lipinski definition) is 1. The van der Waals surface area contributed by atoms with Gasteiger partial charge in [0, 0.05) is 18.3 Å². The fourth-order valence-corrected chi connectivity index (χ4v) is 3.93. The number of benzene rings is 2. The second kappa shape index (κ2) is 11.6. The lowest BCUT2D eigenvalue weighted by Crippen LogP contribution is -2.49. The number of carbonyl (C=O) groups is 2. The average Bonchev–Trinajstić information content (AvgIpc) is 2.71. The number of thioether (sulfide) groups is 1. The van der Waals surface area contributed by atoms with Crippen molar-refractivity contribution in [2.24, 2.45) is 0 Å². The first kappa shape index (κ1) is 23.8. The van der Waals surface area contributed by atoms with Gasteiger partial charge in [0.1, 0.15) is 11.8 Å². The molecule has 0 radical (unpaired) electrons. The molecule has 1 unspecified atom stereocenters. The van der Waals surface area contributed by atoms with Gasteiger partial charge in [-0.15, -0.1) is 11.8 Å². The van der Waals surface area contributed by atoms with Gasteiger partial charge in [0.15, 0.2) is 0 Å². The van der Waals surface area contributed by atoms with Gasteiger partial charge in [0.25, 0.3) is 0 Å². The standard InChI is InChI=1S/C24H32N2O3S/c1-17(2)25-24(28)19(4)26(14-21-8-6-7-18(3)13-21)23(27)16-30-15-20-9-11-22(29-5)12-10-20/h6-13,17,19H,14-16H2,1-5H3,(H,25,28). The Labute approximate surface area is 184 Å². The number of methoxy groups -OCH3 is 1. The molecular formula is C24H32N2O3S. The van der Waals surface area contributed by atoms with Crippen LogP contribution in [0, 0.1) is 6.92 Å². The van der Waals surface area contributed by atoms with Crippen molar-refractivity contribution in [2.75, 3.05) is 12.9 Å². The van der Waals surface area contributed by atoms with E-state index in [1.807, 2.05) is 63.2 Å². The Morgan fingerprint density at radius 2 is 1.77 bits per heavy atom. The maximum atomic E-state index is 13.1. The summed E-state index contributed by atoms with van der Waals surface area (Å²) in [5.74, 6) is 1.68. The molecule has 0 saturated heterocycles. The SMILES string of the molecule is COc1ccc(CSCC(=O)N(Cc2cccc(C)c2)C(C)C(=O)NC(C)C)cc1. The van der Waals surface area contributed by atoms with Crippen LogP contribution >= 0.6 is 11.8 Å². The van der Waals surface area contributed by atoms with Crippen LogP contribution in [0.2, 0.25) is 0 Å². The van der Waals surface area contributed by atoms with Gasteiger partial charge in [0.05, 0.1) is 12.9 Å². The zero-order valence-electron chi connectivity index (χ0n) is 18.5. The molecule has 0 spiro atoms. The third kappa shape index (κ3) is 7.41. The second-order valence-electron chi connectivity index (χ2n) is 7.69. The molecule has 0 saturated carbocycles. The molecule has 0 aromatic heterocycles. The summed E-state index contributed by atoms with van der Waals surface area (Å²) in [6.07, 6.45) is 0. The molecule has 0 fully saturated rings. The van der Waals surface area contributed by atoms with Gasteiger partial charge in [-0.25, -0.2) is 0 Å². The predicted molar refractivity (Wildman–Crippen MR) is 124 cm³/mol. The summed E-state index contributed by atoms with van der Waals surface area (Å²) in [7, 11) is 1.64. The summed E-state index contributed by atoms with van der Waals surface area (Å²) in [6.45, 7) is 8.06. The zero-order valence-corrected chi connectivity index (χ0v) is 19.3. The second-order valence-corrected chi connectivity index (χ2v) is 8.68. The average molecular weight is 429 g/mol.